The topological polar surface area (TPSA) is 84.9 Å². The van der Waals surface area contributed by atoms with Gasteiger partial charge in [0.15, 0.2) is 0 Å². The number of carbonyl (C=O) groups is 1. The molecule has 1 unspecified atom stereocenters. The molecule has 240 valence electrons. The maximum Gasteiger partial charge on any atom is 0.337 e. The number of hydrogen-bond donors (Lipinski definition) is 2. The molecule has 8 nitrogen and oxygen atoms in total. The van der Waals surface area contributed by atoms with Gasteiger partial charge in [-0.25, -0.2) is 4.79 Å². The van der Waals surface area contributed by atoms with Gasteiger partial charge in [0.25, 0.3) is 0 Å². The number of carboxylic acid groups (broad SMARTS) is 1. The molecule has 8 heteroatoms. The number of nitrogens with zero attached hydrogens (tertiary/aromatic N) is 4. The van der Waals surface area contributed by atoms with Gasteiger partial charge in [0.1, 0.15) is 17.9 Å². The van der Waals surface area contributed by atoms with E-state index < -0.39 is 5.97 Å². The summed E-state index contributed by atoms with van der Waals surface area (Å²) in [6.45, 7) is 10.4. The lowest BCUT2D eigenvalue weighted by Gasteiger charge is -2.56. The molecule has 0 radical (unpaired) electrons. The zero-order valence-electron chi connectivity index (χ0n) is 27.2. The summed E-state index contributed by atoms with van der Waals surface area (Å²) < 4.78 is 6.01. The van der Waals surface area contributed by atoms with Crippen molar-refractivity contribution in [3.63, 3.8) is 0 Å². The Kier molecular flexibility index (Phi) is 7.24. The number of aromatic amines is 1. The molecule has 0 bridgehead atoms. The van der Waals surface area contributed by atoms with Crippen LogP contribution in [0.4, 0.5) is 17.1 Å². The number of fused-ring (bicyclic) bond motifs is 2. The molecule has 2 aromatic heterocycles. The number of H-pyrrole nitrogens is 1. The van der Waals surface area contributed by atoms with Crippen molar-refractivity contribution < 1.29 is 14.6 Å². The smallest absolute Gasteiger partial charge is 0.337 e. The number of anilines is 3. The summed E-state index contributed by atoms with van der Waals surface area (Å²) in [6.07, 6.45) is 9.40. The number of aromatic carboxylic acids is 1. The minimum Gasteiger partial charge on any atom is -0.478 e. The molecule has 3 fully saturated rings. The number of piperidine rings is 1. The van der Waals surface area contributed by atoms with Gasteiger partial charge in [-0.3, -0.25) is 4.90 Å². The van der Waals surface area contributed by atoms with E-state index in [1.165, 1.54) is 50.6 Å². The van der Waals surface area contributed by atoms with Crippen molar-refractivity contribution in [1.29, 1.82) is 0 Å². The van der Waals surface area contributed by atoms with Crippen LogP contribution in [0, 0.1) is 5.41 Å². The van der Waals surface area contributed by atoms with Crippen molar-refractivity contribution in [3.05, 3.63) is 77.5 Å². The van der Waals surface area contributed by atoms with Crippen molar-refractivity contribution in [2.24, 2.45) is 5.41 Å². The third kappa shape index (κ3) is 4.93. The average Bonchev–Trinajstić information content (AvgIpc) is 3.72. The van der Waals surface area contributed by atoms with Gasteiger partial charge in [0.05, 0.1) is 17.3 Å². The number of pyridine rings is 1. The number of rotatable bonds is 6. The summed E-state index contributed by atoms with van der Waals surface area (Å²) >= 11 is 0. The second kappa shape index (κ2) is 11.3. The largest absolute Gasteiger partial charge is 0.478 e. The van der Waals surface area contributed by atoms with E-state index in [0.717, 1.165) is 35.5 Å². The molecule has 1 aliphatic carbocycles. The van der Waals surface area contributed by atoms with Crippen LogP contribution in [-0.2, 0) is 0 Å². The van der Waals surface area contributed by atoms with Gasteiger partial charge in [-0.15, -0.1) is 0 Å². The Hall–Kier alpha value is -4.04. The lowest BCUT2D eigenvalue weighted by molar-refractivity contribution is -0.0227. The molecular formula is C38H45N5O3. The zero-order chi connectivity index (χ0) is 31.6. The third-order valence-electron chi connectivity index (χ3n) is 11.4. The van der Waals surface area contributed by atoms with Crippen LogP contribution in [0.1, 0.15) is 92.7 Å². The maximum atomic E-state index is 12.5. The molecule has 2 atom stereocenters. The highest BCUT2D eigenvalue weighted by molar-refractivity contribution is 5.98. The summed E-state index contributed by atoms with van der Waals surface area (Å²) in [5, 5.41) is 11.2. The number of carboxylic acids is 1. The molecule has 0 amide bonds. The summed E-state index contributed by atoms with van der Waals surface area (Å²) in [5.74, 6) is 0.155. The third-order valence-corrected chi connectivity index (χ3v) is 11.4. The Bertz CT molecular complexity index is 1770. The predicted molar refractivity (Wildman–Crippen MR) is 183 cm³/mol. The highest BCUT2D eigenvalue weighted by Crippen LogP contribution is 2.54. The summed E-state index contributed by atoms with van der Waals surface area (Å²) in [6, 6.07) is 20.2. The van der Waals surface area contributed by atoms with Gasteiger partial charge in [-0.05, 0) is 105 Å². The summed E-state index contributed by atoms with van der Waals surface area (Å²) in [5.41, 5.74) is 7.15. The Morgan fingerprint density at radius 2 is 1.85 bits per heavy atom. The van der Waals surface area contributed by atoms with Crippen molar-refractivity contribution in [1.82, 2.24) is 14.9 Å². The fourth-order valence-corrected chi connectivity index (χ4v) is 8.93. The van der Waals surface area contributed by atoms with Crippen molar-refractivity contribution in [2.45, 2.75) is 83.3 Å². The second-order valence-corrected chi connectivity index (χ2v) is 14.5. The van der Waals surface area contributed by atoms with Crippen LogP contribution >= 0.6 is 0 Å². The molecule has 1 saturated carbocycles. The first-order valence-corrected chi connectivity index (χ1v) is 17.2. The minimum atomic E-state index is -0.924. The first-order chi connectivity index (χ1) is 22.3. The fraction of sp³-hybridized carbons (Fsp3) is 0.474. The van der Waals surface area contributed by atoms with Gasteiger partial charge in [0, 0.05) is 42.4 Å². The summed E-state index contributed by atoms with van der Waals surface area (Å²) in [4.78, 5) is 27.7. The number of hydrogen-bond acceptors (Lipinski definition) is 6. The first-order valence-electron chi connectivity index (χ1n) is 17.2. The SMILES string of the molecule is CC(C)c1ccccc1[C@@H]1CCCN1C1CC2(CCN(c3ccc(C(=O)O)c(N4c5cc6cc[nH]c6nc5OCC4C)c3)CC2)C1. The highest BCUT2D eigenvalue weighted by Gasteiger charge is 2.50. The standard InChI is InChI=1S/C38H45N5O3/c1-24(2)29-7-4-5-8-30(29)32-9-6-16-42(32)28-21-38(22-28)13-17-41(18-14-38)27-10-11-31(37(44)45)33(20-27)43-25(3)23-46-36-34(43)19-26-12-15-39-35(26)40-36/h4-5,7-8,10-12,15,19-20,24-25,28,32H,6,9,13-14,16-18,21-23H2,1-3H3,(H,39,40)(H,44,45)/t25?,32-/m0/s1. The van der Waals surface area contributed by atoms with E-state index in [2.05, 4.69) is 70.8 Å². The predicted octanol–water partition coefficient (Wildman–Crippen LogP) is 7.89. The van der Waals surface area contributed by atoms with E-state index in [1.54, 1.807) is 11.6 Å². The molecule has 4 aliphatic rings. The zero-order valence-corrected chi connectivity index (χ0v) is 27.2. The van der Waals surface area contributed by atoms with Crippen LogP contribution in [0.5, 0.6) is 5.88 Å². The molecule has 2 saturated heterocycles. The number of aromatic nitrogens is 2. The Morgan fingerprint density at radius 3 is 2.63 bits per heavy atom. The van der Waals surface area contributed by atoms with Crippen molar-refractivity contribution >= 4 is 34.1 Å². The second-order valence-electron chi connectivity index (χ2n) is 14.5. The van der Waals surface area contributed by atoms with E-state index in [-0.39, 0.29) is 6.04 Å². The van der Waals surface area contributed by atoms with Gasteiger partial charge >= 0.3 is 5.97 Å². The molecular weight excluding hydrogens is 574 g/mol. The van der Waals surface area contributed by atoms with Crippen LogP contribution in [0.2, 0.25) is 0 Å². The normalized spacial score (nSPS) is 23.1. The van der Waals surface area contributed by atoms with Gasteiger partial charge in [-0.2, -0.15) is 4.98 Å². The van der Waals surface area contributed by atoms with E-state index in [9.17, 15) is 9.90 Å². The van der Waals surface area contributed by atoms with Crippen LogP contribution < -0.4 is 14.5 Å². The number of nitrogens with one attached hydrogen (secondary N) is 1. The number of likely N-dealkylation sites (tertiary alicyclic amines) is 1. The first kappa shape index (κ1) is 29.4. The maximum absolute atomic E-state index is 12.5. The number of ether oxygens (including phenoxy) is 1. The van der Waals surface area contributed by atoms with E-state index in [1.807, 2.05) is 24.4 Å². The highest BCUT2D eigenvalue weighted by atomic mass is 16.5. The Labute approximate surface area is 271 Å². The molecule has 4 aromatic rings. The fourth-order valence-electron chi connectivity index (χ4n) is 8.93. The summed E-state index contributed by atoms with van der Waals surface area (Å²) in [7, 11) is 0. The van der Waals surface area contributed by atoms with Gasteiger partial charge in [0.2, 0.25) is 5.88 Å². The molecule has 5 heterocycles. The number of benzene rings is 2. The van der Waals surface area contributed by atoms with Crippen LogP contribution in [0.3, 0.4) is 0 Å². The van der Waals surface area contributed by atoms with Gasteiger partial charge in [-0.1, -0.05) is 38.1 Å². The molecule has 1 spiro atoms. The molecule has 46 heavy (non-hydrogen) atoms. The van der Waals surface area contributed by atoms with Crippen LogP contribution in [0.15, 0.2) is 60.8 Å². The van der Waals surface area contributed by atoms with E-state index in [4.69, 9.17) is 9.72 Å². The van der Waals surface area contributed by atoms with Gasteiger partial charge < -0.3 is 24.6 Å². The molecule has 3 aliphatic heterocycles. The molecule has 8 rings (SSSR count). The van der Waals surface area contributed by atoms with E-state index in [0.29, 0.717) is 47.2 Å². The lowest BCUT2D eigenvalue weighted by atomic mass is 9.59. The van der Waals surface area contributed by atoms with Crippen LogP contribution in [-0.4, -0.2) is 64.3 Å². The Balaban J connectivity index is 0.995. The quantitative estimate of drug-likeness (QED) is 0.227. The van der Waals surface area contributed by atoms with Crippen LogP contribution in [0.25, 0.3) is 11.0 Å². The minimum absolute atomic E-state index is 0.0440. The van der Waals surface area contributed by atoms with E-state index >= 15 is 0 Å². The monoisotopic (exact) mass is 619 g/mol. The molecule has 2 aromatic carbocycles. The molecule has 2 N–H and O–H groups in total. The lowest BCUT2D eigenvalue weighted by Crippen LogP contribution is -2.55. The van der Waals surface area contributed by atoms with Crippen molar-refractivity contribution in [3.8, 4) is 5.88 Å². The van der Waals surface area contributed by atoms with Crippen molar-refractivity contribution in [2.75, 3.05) is 36.0 Å². The average molecular weight is 620 g/mol. The Morgan fingerprint density at radius 1 is 1.04 bits per heavy atom.